The van der Waals surface area contributed by atoms with Crippen molar-refractivity contribution in [1.82, 2.24) is 0 Å². The molecule has 0 saturated carbocycles. The van der Waals surface area contributed by atoms with E-state index in [9.17, 15) is 13.2 Å². The van der Waals surface area contributed by atoms with Crippen LogP contribution in [0.1, 0.15) is 11.1 Å². The van der Waals surface area contributed by atoms with E-state index in [1.54, 1.807) is 49.6 Å². The maximum absolute atomic E-state index is 12.8. The summed E-state index contributed by atoms with van der Waals surface area (Å²) in [4.78, 5) is 12.4. The molecule has 0 spiro atoms. The first kappa shape index (κ1) is 22.9. The summed E-state index contributed by atoms with van der Waals surface area (Å²) in [5, 5.41) is 2.68. The van der Waals surface area contributed by atoms with Crippen LogP contribution >= 0.6 is 0 Å². The Labute approximate surface area is 187 Å². The van der Waals surface area contributed by atoms with Gasteiger partial charge in [0.2, 0.25) is 5.91 Å². The van der Waals surface area contributed by atoms with Gasteiger partial charge in [-0.25, -0.2) is 8.42 Å². The Morgan fingerprint density at radius 2 is 1.66 bits per heavy atom. The minimum atomic E-state index is -3.89. The first-order chi connectivity index (χ1) is 15.3. The summed E-state index contributed by atoms with van der Waals surface area (Å²) in [5.74, 6) is 0.646. The number of anilines is 2. The molecule has 3 rings (SSSR count). The van der Waals surface area contributed by atoms with Gasteiger partial charge in [-0.1, -0.05) is 29.8 Å². The van der Waals surface area contributed by atoms with Crippen molar-refractivity contribution in [3.8, 4) is 11.5 Å². The smallest absolute Gasteiger partial charge is 0.262 e. The highest BCUT2D eigenvalue weighted by atomic mass is 32.2. The van der Waals surface area contributed by atoms with Crippen molar-refractivity contribution in [1.29, 1.82) is 0 Å². The molecule has 0 aromatic heterocycles. The molecule has 3 aromatic carbocycles. The lowest BCUT2D eigenvalue weighted by atomic mass is 10.1. The van der Waals surface area contributed by atoms with Crippen molar-refractivity contribution < 1.29 is 22.7 Å². The molecule has 0 heterocycles. The average Bonchev–Trinajstić information content (AvgIpc) is 2.78. The second-order valence-corrected chi connectivity index (χ2v) is 8.58. The number of amides is 1. The highest BCUT2D eigenvalue weighted by Crippen LogP contribution is 2.27. The Kier molecular flexibility index (Phi) is 7.17. The van der Waals surface area contributed by atoms with Gasteiger partial charge in [-0.05, 0) is 55.5 Å². The molecule has 8 heteroatoms. The predicted molar refractivity (Wildman–Crippen MR) is 126 cm³/mol. The second-order valence-electron chi connectivity index (χ2n) is 6.90. The number of hydrogen-bond acceptors (Lipinski definition) is 5. The van der Waals surface area contributed by atoms with E-state index in [0.717, 1.165) is 11.1 Å². The number of carbonyl (C=O) groups is 1. The summed E-state index contributed by atoms with van der Waals surface area (Å²) in [6, 6.07) is 18.4. The Bertz CT molecular complexity index is 1250. The second kappa shape index (κ2) is 10.0. The Morgan fingerprint density at radius 3 is 2.41 bits per heavy atom. The van der Waals surface area contributed by atoms with Crippen molar-refractivity contribution in [2.24, 2.45) is 0 Å². The van der Waals surface area contributed by atoms with Gasteiger partial charge >= 0.3 is 0 Å². The Hall–Kier alpha value is -3.78. The molecule has 2 N–H and O–H groups in total. The third kappa shape index (κ3) is 5.67. The highest BCUT2D eigenvalue weighted by Gasteiger charge is 2.17. The van der Waals surface area contributed by atoms with E-state index in [2.05, 4.69) is 10.0 Å². The standard InChI is InChI=1S/C24H24N2O5S/c1-17-11-13-22(30-2)18(15-17)12-14-24(27)25-19-7-6-8-20(16-19)32(28,29)26-21-9-4-5-10-23(21)31-3/h4-16,26H,1-3H3,(H,25,27)/b14-12+. The number of methoxy groups -OCH3 is 2. The molecule has 7 nitrogen and oxygen atoms in total. The molecule has 0 aliphatic rings. The summed E-state index contributed by atoms with van der Waals surface area (Å²) >= 11 is 0. The lowest BCUT2D eigenvalue weighted by Crippen LogP contribution is -2.14. The van der Waals surface area contributed by atoms with Gasteiger partial charge in [-0.3, -0.25) is 9.52 Å². The molecule has 0 unspecified atom stereocenters. The van der Waals surface area contributed by atoms with Gasteiger partial charge < -0.3 is 14.8 Å². The molecule has 166 valence electrons. The zero-order valence-electron chi connectivity index (χ0n) is 18.0. The van der Waals surface area contributed by atoms with Crippen LogP contribution in [-0.2, 0) is 14.8 Å². The van der Waals surface area contributed by atoms with Gasteiger partial charge in [0.15, 0.2) is 0 Å². The van der Waals surface area contributed by atoms with Crippen LogP contribution in [0.2, 0.25) is 0 Å². The number of nitrogens with one attached hydrogen (secondary N) is 2. The highest BCUT2D eigenvalue weighted by molar-refractivity contribution is 7.92. The van der Waals surface area contributed by atoms with E-state index >= 15 is 0 Å². The number of sulfonamides is 1. The number of benzene rings is 3. The molecule has 3 aromatic rings. The summed E-state index contributed by atoms with van der Waals surface area (Å²) < 4.78 is 38.6. The fourth-order valence-corrected chi connectivity index (χ4v) is 4.12. The maximum atomic E-state index is 12.8. The van der Waals surface area contributed by atoms with E-state index in [1.807, 2.05) is 25.1 Å². The summed E-state index contributed by atoms with van der Waals surface area (Å²) in [6.07, 6.45) is 3.01. The zero-order chi connectivity index (χ0) is 23.1. The van der Waals surface area contributed by atoms with Crippen LogP contribution in [0.5, 0.6) is 11.5 Å². The number of para-hydroxylation sites is 2. The number of rotatable bonds is 8. The van der Waals surface area contributed by atoms with Gasteiger partial charge in [0, 0.05) is 17.3 Å². The first-order valence-electron chi connectivity index (χ1n) is 9.72. The third-order valence-electron chi connectivity index (χ3n) is 4.56. The van der Waals surface area contributed by atoms with E-state index < -0.39 is 15.9 Å². The fourth-order valence-electron chi connectivity index (χ4n) is 3.01. The quantitative estimate of drug-likeness (QED) is 0.492. The monoisotopic (exact) mass is 452 g/mol. The SMILES string of the molecule is COc1ccc(C)cc1/C=C/C(=O)Nc1cccc(S(=O)(=O)Nc2ccccc2OC)c1. The van der Waals surface area contributed by atoms with Crippen molar-refractivity contribution in [2.45, 2.75) is 11.8 Å². The molecular weight excluding hydrogens is 428 g/mol. The van der Waals surface area contributed by atoms with E-state index in [-0.39, 0.29) is 4.90 Å². The van der Waals surface area contributed by atoms with Crippen LogP contribution in [0, 0.1) is 6.92 Å². The van der Waals surface area contributed by atoms with Gasteiger partial charge in [-0.15, -0.1) is 0 Å². The first-order valence-corrected chi connectivity index (χ1v) is 11.2. The van der Waals surface area contributed by atoms with Crippen molar-refractivity contribution in [2.75, 3.05) is 24.3 Å². The summed E-state index contributed by atoms with van der Waals surface area (Å²) in [5.41, 5.74) is 2.46. The van der Waals surface area contributed by atoms with Crippen LogP contribution in [-0.4, -0.2) is 28.5 Å². The van der Waals surface area contributed by atoms with Crippen molar-refractivity contribution >= 4 is 33.4 Å². The van der Waals surface area contributed by atoms with Crippen molar-refractivity contribution in [3.05, 3.63) is 83.9 Å². The molecule has 0 radical (unpaired) electrons. The van der Waals surface area contributed by atoms with Gasteiger partial charge in [0.1, 0.15) is 11.5 Å². The zero-order valence-corrected chi connectivity index (χ0v) is 18.8. The lowest BCUT2D eigenvalue weighted by molar-refractivity contribution is -0.111. The molecule has 0 aliphatic carbocycles. The van der Waals surface area contributed by atoms with Crippen LogP contribution in [0.15, 0.2) is 77.7 Å². The van der Waals surface area contributed by atoms with Crippen LogP contribution in [0.25, 0.3) is 6.08 Å². The minimum absolute atomic E-state index is 0.00513. The topological polar surface area (TPSA) is 93.7 Å². The average molecular weight is 453 g/mol. The molecule has 1 amide bonds. The normalized spacial score (nSPS) is 11.2. The number of carbonyl (C=O) groups excluding carboxylic acids is 1. The maximum Gasteiger partial charge on any atom is 0.262 e. The predicted octanol–water partition coefficient (Wildman–Crippen LogP) is 4.46. The van der Waals surface area contributed by atoms with E-state index in [1.165, 1.54) is 25.3 Å². The Balaban J connectivity index is 1.76. The summed E-state index contributed by atoms with van der Waals surface area (Å²) in [6.45, 7) is 1.95. The van der Waals surface area contributed by atoms with Crippen molar-refractivity contribution in [3.63, 3.8) is 0 Å². The molecule has 0 fully saturated rings. The molecule has 0 atom stereocenters. The minimum Gasteiger partial charge on any atom is -0.496 e. The van der Waals surface area contributed by atoms with Gasteiger partial charge in [0.25, 0.3) is 10.0 Å². The number of aryl methyl sites for hydroxylation is 1. The molecule has 0 bridgehead atoms. The molecule has 0 saturated heterocycles. The van der Waals surface area contributed by atoms with Gasteiger partial charge in [0.05, 0.1) is 24.8 Å². The molecular formula is C24H24N2O5S. The van der Waals surface area contributed by atoms with E-state index in [0.29, 0.717) is 22.9 Å². The van der Waals surface area contributed by atoms with Gasteiger partial charge in [-0.2, -0.15) is 0 Å². The van der Waals surface area contributed by atoms with Crippen LogP contribution < -0.4 is 19.5 Å². The fraction of sp³-hybridized carbons (Fsp3) is 0.125. The van der Waals surface area contributed by atoms with Crippen LogP contribution in [0.3, 0.4) is 0 Å². The Morgan fingerprint density at radius 1 is 0.906 bits per heavy atom. The summed E-state index contributed by atoms with van der Waals surface area (Å²) in [7, 11) is -0.865. The lowest BCUT2D eigenvalue weighted by Gasteiger charge is -2.12. The molecule has 0 aliphatic heterocycles. The molecule has 32 heavy (non-hydrogen) atoms. The third-order valence-corrected chi connectivity index (χ3v) is 5.93. The largest absolute Gasteiger partial charge is 0.496 e. The van der Waals surface area contributed by atoms with E-state index in [4.69, 9.17) is 9.47 Å². The van der Waals surface area contributed by atoms with Crippen LogP contribution in [0.4, 0.5) is 11.4 Å². The number of ether oxygens (including phenoxy) is 2. The number of hydrogen-bond donors (Lipinski definition) is 2.